The average Bonchev–Trinajstić information content (AvgIpc) is 2.27. The van der Waals surface area contributed by atoms with Crippen molar-refractivity contribution in [1.82, 2.24) is 4.98 Å². The van der Waals surface area contributed by atoms with Crippen LogP contribution in [-0.4, -0.2) is 28.5 Å². The maximum Gasteiger partial charge on any atom is 0.311 e. The second-order valence-corrected chi connectivity index (χ2v) is 4.99. The fourth-order valence-electron chi connectivity index (χ4n) is 1.44. The van der Waals surface area contributed by atoms with E-state index in [1.54, 1.807) is 24.9 Å². The van der Waals surface area contributed by atoms with Crippen LogP contribution in [0.2, 0.25) is 0 Å². The Balaban J connectivity index is 2.73. The summed E-state index contributed by atoms with van der Waals surface area (Å²) < 4.78 is 0. The Morgan fingerprint density at radius 1 is 1.65 bits per heavy atom. The van der Waals surface area contributed by atoms with Gasteiger partial charge in [0.25, 0.3) is 0 Å². The molecule has 5 nitrogen and oxygen atoms in total. The second kappa shape index (κ2) is 6.44. The zero-order chi connectivity index (χ0) is 12.8. The standard InChI is InChI=1S/C11H17N3O2S/c1-8-4-10(14(15)16)11(12-5-8)13-6-9(2)7-17-3/h4-5,9H,6-7H2,1-3H3,(H,12,13). The summed E-state index contributed by atoms with van der Waals surface area (Å²) in [5.41, 5.74) is 0.834. The lowest BCUT2D eigenvalue weighted by Crippen LogP contribution is -2.15. The SMILES string of the molecule is CSCC(C)CNc1ncc(C)cc1[N+](=O)[O-]. The first-order valence-electron chi connectivity index (χ1n) is 5.38. The van der Waals surface area contributed by atoms with E-state index in [1.807, 2.05) is 6.26 Å². The molecule has 1 N–H and O–H groups in total. The number of rotatable bonds is 6. The van der Waals surface area contributed by atoms with Crippen LogP contribution in [0.5, 0.6) is 0 Å². The van der Waals surface area contributed by atoms with Crippen molar-refractivity contribution in [1.29, 1.82) is 0 Å². The number of anilines is 1. The summed E-state index contributed by atoms with van der Waals surface area (Å²) in [4.78, 5) is 14.5. The number of nitrogens with one attached hydrogen (secondary N) is 1. The number of nitrogens with zero attached hydrogens (tertiary/aromatic N) is 2. The lowest BCUT2D eigenvalue weighted by Gasteiger charge is -2.11. The van der Waals surface area contributed by atoms with Crippen molar-refractivity contribution in [2.45, 2.75) is 13.8 Å². The third-order valence-electron chi connectivity index (χ3n) is 2.27. The van der Waals surface area contributed by atoms with Crippen molar-refractivity contribution < 1.29 is 4.92 Å². The van der Waals surface area contributed by atoms with E-state index in [-0.39, 0.29) is 5.69 Å². The predicted octanol–water partition coefficient (Wildman–Crippen LogP) is 2.71. The van der Waals surface area contributed by atoms with Crippen LogP contribution in [0.4, 0.5) is 11.5 Å². The molecule has 1 rings (SSSR count). The van der Waals surface area contributed by atoms with Crippen LogP contribution in [0.3, 0.4) is 0 Å². The first kappa shape index (κ1) is 13.8. The van der Waals surface area contributed by atoms with E-state index >= 15 is 0 Å². The highest BCUT2D eigenvalue weighted by atomic mass is 32.2. The van der Waals surface area contributed by atoms with E-state index < -0.39 is 4.92 Å². The van der Waals surface area contributed by atoms with Crippen molar-refractivity contribution >= 4 is 23.3 Å². The number of aryl methyl sites for hydroxylation is 1. The number of nitro groups is 1. The van der Waals surface area contributed by atoms with Gasteiger partial charge in [0.05, 0.1) is 4.92 Å². The summed E-state index contributed by atoms with van der Waals surface area (Å²) >= 11 is 1.76. The van der Waals surface area contributed by atoms with E-state index in [0.717, 1.165) is 11.3 Å². The molecule has 0 aliphatic carbocycles. The molecule has 0 aliphatic heterocycles. The average molecular weight is 255 g/mol. The largest absolute Gasteiger partial charge is 0.364 e. The van der Waals surface area contributed by atoms with Gasteiger partial charge in [0.1, 0.15) is 0 Å². The molecular weight excluding hydrogens is 238 g/mol. The number of thioether (sulfide) groups is 1. The first-order chi connectivity index (χ1) is 8.04. The number of pyridine rings is 1. The molecule has 94 valence electrons. The quantitative estimate of drug-likeness (QED) is 0.625. The summed E-state index contributed by atoms with van der Waals surface area (Å²) in [6.45, 7) is 4.58. The van der Waals surface area contributed by atoms with Crippen LogP contribution in [0, 0.1) is 23.0 Å². The second-order valence-electron chi connectivity index (χ2n) is 4.08. The molecule has 1 aromatic heterocycles. The molecule has 0 saturated heterocycles. The van der Waals surface area contributed by atoms with Gasteiger partial charge in [0.15, 0.2) is 0 Å². The molecule has 0 spiro atoms. The number of hydrogen-bond donors (Lipinski definition) is 1. The zero-order valence-electron chi connectivity index (χ0n) is 10.3. The summed E-state index contributed by atoms with van der Waals surface area (Å²) in [5.74, 6) is 1.83. The topological polar surface area (TPSA) is 68.1 Å². The lowest BCUT2D eigenvalue weighted by atomic mass is 10.2. The Morgan fingerprint density at radius 3 is 2.94 bits per heavy atom. The number of hydrogen-bond acceptors (Lipinski definition) is 5. The van der Waals surface area contributed by atoms with Gasteiger partial charge in [0.2, 0.25) is 5.82 Å². The summed E-state index contributed by atoms with van der Waals surface area (Å²) in [6.07, 6.45) is 3.68. The van der Waals surface area contributed by atoms with Gasteiger partial charge >= 0.3 is 5.69 Å². The minimum atomic E-state index is -0.401. The Bertz CT molecular complexity index is 398. The molecule has 17 heavy (non-hydrogen) atoms. The molecule has 0 amide bonds. The van der Waals surface area contributed by atoms with Crippen LogP contribution >= 0.6 is 11.8 Å². The molecular formula is C11H17N3O2S. The predicted molar refractivity (Wildman–Crippen MR) is 71.7 cm³/mol. The van der Waals surface area contributed by atoms with Gasteiger partial charge in [-0.1, -0.05) is 6.92 Å². The normalized spacial score (nSPS) is 12.2. The molecule has 1 unspecified atom stereocenters. The molecule has 1 atom stereocenters. The molecule has 6 heteroatoms. The third-order valence-corrected chi connectivity index (χ3v) is 3.17. The van der Waals surface area contributed by atoms with E-state index in [0.29, 0.717) is 18.3 Å². The zero-order valence-corrected chi connectivity index (χ0v) is 11.1. The summed E-state index contributed by atoms with van der Waals surface area (Å²) in [6, 6.07) is 1.54. The smallest absolute Gasteiger partial charge is 0.311 e. The van der Waals surface area contributed by atoms with Gasteiger partial charge in [-0.15, -0.1) is 0 Å². The van der Waals surface area contributed by atoms with Gasteiger partial charge in [-0.25, -0.2) is 4.98 Å². The molecule has 0 radical (unpaired) electrons. The molecule has 1 heterocycles. The van der Waals surface area contributed by atoms with Gasteiger partial charge in [-0.2, -0.15) is 11.8 Å². The lowest BCUT2D eigenvalue weighted by molar-refractivity contribution is -0.384. The molecule has 0 bridgehead atoms. The third kappa shape index (κ3) is 4.22. The fourth-order valence-corrected chi connectivity index (χ4v) is 2.13. The van der Waals surface area contributed by atoms with Crippen LogP contribution in [0.1, 0.15) is 12.5 Å². The van der Waals surface area contributed by atoms with E-state index in [1.165, 1.54) is 6.07 Å². The van der Waals surface area contributed by atoms with Crippen molar-refractivity contribution in [3.63, 3.8) is 0 Å². The Hall–Kier alpha value is -1.30. The molecule has 0 fully saturated rings. The highest BCUT2D eigenvalue weighted by Crippen LogP contribution is 2.22. The van der Waals surface area contributed by atoms with Gasteiger partial charge in [-0.3, -0.25) is 10.1 Å². The Morgan fingerprint density at radius 2 is 2.35 bits per heavy atom. The minimum Gasteiger partial charge on any atom is -0.364 e. The highest BCUT2D eigenvalue weighted by Gasteiger charge is 2.15. The van der Waals surface area contributed by atoms with Crippen molar-refractivity contribution in [2.24, 2.45) is 5.92 Å². The van der Waals surface area contributed by atoms with Crippen LogP contribution in [-0.2, 0) is 0 Å². The van der Waals surface area contributed by atoms with Crippen molar-refractivity contribution in [3.8, 4) is 0 Å². The summed E-state index contributed by atoms with van der Waals surface area (Å²) in [5, 5.41) is 13.9. The first-order valence-corrected chi connectivity index (χ1v) is 6.77. The molecule has 1 aromatic rings. The number of aromatic nitrogens is 1. The Labute approximate surface area is 105 Å². The van der Waals surface area contributed by atoms with E-state index in [2.05, 4.69) is 17.2 Å². The Kier molecular flexibility index (Phi) is 5.21. The molecule has 0 aliphatic rings. The molecule has 0 aromatic carbocycles. The van der Waals surface area contributed by atoms with Gasteiger partial charge in [0, 0.05) is 18.8 Å². The van der Waals surface area contributed by atoms with E-state index in [4.69, 9.17) is 0 Å². The maximum absolute atomic E-state index is 10.9. The van der Waals surface area contributed by atoms with Crippen LogP contribution < -0.4 is 5.32 Å². The fraction of sp³-hybridized carbons (Fsp3) is 0.545. The van der Waals surface area contributed by atoms with Gasteiger partial charge < -0.3 is 5.32 Å². The van der Waals surface area contributed by atoms with Crippen LogP contribution in [0.15, 0.2) is 12.3 Å². The van der Waals surface area contributed by atoms with Gasteiger partial charge in [-0.05, 0) is 30.4 Å². The summed E-state index contributed by atoms with van der Waals surface area (Å²) in [7, 11) is 0. The minimum absolute atomic E-state index is 0.0429. The van der Waals surface area contributed by atoms with E-state index in [9.17, 15) is 10.1 Å². The highest BCUT2D eigenvalue weighted by molar-refractivity contribution is 7.98. The molecule has 0 saturated carbocycles. The maximum atomic E-state index is 10.9. The van der Waals surface area contributed by atoms with Crippen molar-refractivity contribution in [3.05, 3.63) is 27.9 Å². The van der Waals surface area contributed by atoms with Crippen LogP contribution in [0.25, 0.3) is 0 Å². The van der Waals surface area contributed by atoms with Crippen molar-refractivity contribution in [2.75, 3.05) is 23.9 Å². The monoisotopic (exact) mass is 255 g/mol.